The maximum atomic E-state index is 6.24. The monoisotopic (exact) mass is 283 g/mol. The molecule has 0 aliphatic rings. The lowest BCUT2D eigenvalue weighted by atomic mass is 10.0. The molecule has 1 aromatic rings. The fraction of sp³-hybridized carbons (Fsp3) is 0.625. The number of nitrogens with one attached hydrogen (secondary N) is 1. The fourth-order valence-electron chi connectivity index (χ4n) is 2.08. The molecule has 1 N–H and O–H groups in total. The molecule has 0 bridgehead atoms. The van der Waals surface area contributed by atoms with Crippen LogP contribution in [0.15, 0.2) is 18.2 Å². The van der Waals surface area contributed by atoms with Crippen molar-refractivity contribution in [2.24, 2.45) is 5.92 Å². The van der Waals surface area contributed by atoms with Crippen molar-refractivity contribution in [3.05, 3.63) is 28.8 Å². The Morgan fingerprint density at radius 3 is 2.68 bits per heavy atom. The van der Waals surface area contributed by atoms with Crippen LogP contribution < -0.4 is 10.1 Å². The highest BCUT2D eigenvalue weighted by Gasteiger charge is 2.09. The summed E-state index contributed by atoms with van der Waals surface area (Å²) in [6, 6.07) is 6.01. The molecule has 1 atom stereocenters. The second kappa shape index (κ2) is 9.22. The molecule has 0 aliphatic carbocycles. The predicted octanol–water partition coefficient (Wildman–Crippen LogP) is 4.65. The van der Waals surface area contributed by atoms with Crippen molar-refractivity contribution in [3.8, 4) is 5.75 Å². The topological polar surface area (TPSA) is 21.3 Å². The first kappa shape index (κ1) is 16.3. The number of hydrogen-bond donors (Lipinski definition) is 1. The third-order valence-corrected chi connectivity index (χ3v) is 3.69. The van der Waals surface area contributed by atoms with E-state index in [9.17, 15) is 0 Å². The Balaban J connectivity index is 2.52. The Morgan fingerprint density at radius 1 is 1.32 bits per heavy atom. The molecule has 1 unspecified atom stereocenters. The number of hydrogen-bond acceptors (Lipinski definition) is 2. The van der Waals surface area contributed by atoms with E-state index in [1.165, 1.54) is 24.8 Å². The second-order valence-electron chi connectivity index (χ2n) is 5.02. The molecule has 0 aromatic heterocycles. The van der Waals surface area contributed by atoms with E-state index in [-0.39, 0.29) is 0 Å². The Kier molecular flexibility index (Phi) is 7.92. The van der Waals surface area contributed by atoms with Gasteiger partial charge in [-0.25, -0.2) is 0 Å². The van der Waals surface area contributed by atoms with Crippen LogP contribution >= 0.6 is 11.6 Å². The number of ether oxygens (including phenoxy) is 1. The quantitative estimate of drug-likeness (QED) is 0.712. The summed E-state index contributed by atoms with van der Waals surface area (Å²) >= 11 is 6.24. The lowest BCUT2D eigenvalue weighted by Gasteiger charge is -2.16. The van der Waals surface area contributed by atoms with Crippen molar-refractivity contribution < 1.29 is 4.74 Å². The van der Waals surface area contributed by atoms with Crippen LogP contribution in [0.25, 0.3) is 0 Å². The molecular weight excluding hydrogens is 258 g/mol. The molecular formula is C16H26ClNO. The van der Waals surface area contributed by atoms with Crippen molar-refractivity contribution in [3.63, 3.8) is 0 Å². The molecule has 0 aliphatic heterocycles. The van der Waals surface area contributed by atoms with Crippen LogP contribution in [0.4, 0.5) is 0 Å². The fourth-order valence-corrected chi connectivity index (χ4v) is 2.34. The summed E-state index contributed by atoms with van der Waals surface area (Å²) in [5, 5.41) is 3.82. The number of unbranched alkanes of at least 4 members (excludes halogenated alkanes) is 1. The zero-order valence-electron chi connectivity index (χ0n) is 12.3. The standard InChI is InChI=1S/C16H26ClNO/c1-4-6-7-13(5-2)12-19-16-9-8-14(11-18-3)10-15(16)17/h8-10,13,18H,4-7,11-12H2,1-3H3. The maximum Gasteiger partial charge on any atom is 0.137 e. The van der Waals surface area contributed by atoms with Crippen LogP contribution in [0.1, 0.15) is 45.1 Å². The first-order valence-electron chi connectivity index (χ1n) is 7.27. The largest absolute Gasteiger partial charge is 0.492 e. The number of benzene rings is 1. The normalized spacial score (nSPS) is 12.4. The molecule has 2 nitrogen and oxygen atoms in total. The SMILES string of the molecule is CCCCC(CC)COc1ccc(CNC)cc1Cl. The summed E-state index contributed by atoms with van der Waals surface area (Å²) < 4.78 is 5.87. The van der Waals surface area contributed by atoms with Crippen LogP contribution in [-0.4, -0.2) is 13.7 Å². The number of rotatable bonds is 9. The van der Waals surface area contributed by atoms with Crippen LogP contribution in [0.3, 0.4) is 0 Å². The summed E-state index contributed by atoms with van der Waals surface area (Å²) in [4.78, 5) is 0. The summed E-state index contributed by atoms with van der Waals surface area (Å²) in [5.74, 6) is 1.43. The Morgan fingerprint density at radius 2 is 2.11 bits per heavy atom. The Bertz CT molecular complexity index is 368. The van der Waals surface area contributed by atoms with Gasteiger partial charge < -0.3 is 10.1 Å². The van der Waals surface area contributed by atoms with Crippen molar-refractivity contribution >= 4 is 11.6 Å². The van der Waals surface area contributed by atoms with Gasteiger partial charge in [-0.15, -0.1) is 0 Å². The third kappa shape index (κ3) is 5.84. The van der Waals surface area contributed by atoms with Gasteiger partial charge in [0.05, 0.1) is 11.6 Å². The van der Waals surface area contributed by atoms with Crippen molar-refractivity contribution in [1.82, 2.24) is 5.32 Å². The molecule has 1 rings (SSSR count). The van der Waals surface area contributed by atoms with E-state index in [1.54, 1.807) is 0 Å². The molecule has 0 saturated heterocycles. The van der Waals surface area contributed by atoms with Gasteiger partial charge in [0.2, 0.25) is 0 Å². The second-order valence-corrected chi connectivity index (χ2v) is 5.43. The highest BCUT2D eigenvalue weighted by Crippen LogP contribution is 2.26. The predicted molar refractivity (Wildman–Crippen MR) is 83.0 cm³/mol. The minimum atomic E-state index is 0.632. The van der Waals surface area contributed by atoms with E-state index in [0.29, 0.717) is 10.9 Å². The van der Waals surface area contributed by atoms with Gasteiger partial charge >= 0.3 is 0 Å². The van der Waals surface area contributed by atoms with E-state index in [4.69, 9.17) is 16.3 Å². The lowest BCUT2D eigenvalue weighted by Crippen LogP contribution is -2.11. The molecule has 0 saturated carbocycles. The van der Waals surface area contributed by atoms with Crippen molar-refractivity contribution in [1.29, 1.82) is 0 Å². The summed E-state index contributed by atoms with van der Waals surface area (Å²) in [6.07, 6.45) is 4.92. The van der Waals surface area contributed by atoms with Gasteiger partial charge in [-0.1, -0.05) is 50.8 Å². The molecule has 108 valence electrons. The van der Waals surface area contributed by atoms with Crippen LogP contribution in [0.2, 0.25) is 5.02 Å². The molecule has 1 aromatic carbocycles. The summed E-state index contributed by atoms with van der Waals surface area (Å²) in [5.41, 5.74) is 1.18. The molecule has 19 heavy (non-hydrogen) atoms. The lowest BCUT2D eigenvalue weighted by molar-refractivity contribution is 0.233. The van der Waals surface area contributed by atoms with Gasteiger partial charge in [0.25, 0.3) is 0 Å². The average Bonchev–Trinajstić information content (AvgIpc) is 2.41. The van der Waals surface area contributed by atoms with Gasteiger partial charge in [0.15, 0.2) is 0 Å². The van der Waals surface area contributed by atoms with Crippen LogP contribution in [-0.2, 0) is 6.54 Å². The van der Waals surface area contributed by atoms with Gasteiger partial charge in [-0.3, -0.25) is 0 Å². The average molecular weight is 284 g/mol. The highest BCUT2D eigenvalue weighted by molar-refractivity contribution is 6.32. The minimum absolute atomic E-state index is 0.632. The van der Waals surface area contributed by atoms with Crippen molar-refractivity contribution in [2.75, 3.05) is 13.7 Å². The van der Waals surface area contributed by atoms with Gasteiger partial charge in [0.1, 0.15) is 5.75 Å². The van der Waals surface area contributed by atoms with Gasteiger partial charge in [-0.2, -0.15) is 0 Å². The molecule has 0 heterocycles. The van der Waals surface area contributed by atoms with Gasteiger partial charge in [0, 0.05) is 6.54 Å². The highest BCUT2D eigenvalue weighted by atomic mass is 35.5. The maximum absolute atomic E-state index is 6.24. The molecule has 3 heteroatoms. The Labute approximate surface area is 122 Å². The smallest absolute Gasteiger partial charge is 0.137 e. The van der Waals surface area contributed by atoms with E-state index in [0.717, 1.165) is 25.3 Å². The molecule has 0 fully saturated rings. The first-order valence-corrected chi connectivity index (χ1v) is 7.64. The molecule has 0 radical (unpaired) electrons. The zero-order valence-corrected chi connectivity index (χ0v) is 13.1. The van der Waals surface area contributed by atoms with Gasteiger partial charge in [-0.05, 0) is 37.1 Å². The number of halogens is 1. The van der Waals surface area contributed by atoms with E-state index in [1.807, 2.05) is 19.2 Å². The summed E-state index contributed by atoms with van der Waals surface area (Å²) in [6.45, 7) is 6.04. The molecule has 0 spiro atoms. The van der Waals surface area contributed by atoms with Crippen LogP contribution in [0.5, 0.6) is 5.75 Å². The summed E-state index contributed by atoms with van der Waals surface area (Å²) in [7, 11) is 1.93. The van der Waals surface area contributed by atoms with E-state index < -0.39 is 0 Å². The molecule has 0 amide bonds. The first-order chi connectivity index (χ1) is 9.21. The Hall–Kier alpha value is -0.730. The van der Waals surface area contributed by atoms with Crippen molar-refractivity contribution in [2.45, 2.75) is 46.1 Å². The third-order valence-electron chi connectivity index (χ3n) is 3.40. The van der Waals surface area contributed by atoms with E-state index in [2.05, 4.69) is 25.2 Å². The zero-order chi connectivity index (χ0) is 14.1. The van der Waals surface area contributed by atoms with E-state index >= 15 is 0 Å². The minimum Gasteiger partial charge on any atom is -0.492 e. The van der Waals surface area contributed by atoms with Crippen LogP contribution in [0, 0.1) is 5.92 Å².